The highest BCUT2D eigenvalue weighted by Gasteiger charge is 2.16. The van der Waals surface area contributed by atoms with Crippen molar-refractivity contribution in [3.8, 4) is 5.75 Å². The summed E-state index contributed by atoms with van der Waals surface area (Å²) in [5, 5.41) is 10.3. The molecule has 17 heavy (non-hydrogen) atoms. The van der Waals surface area contributed by atoms with Gasteiger partial charge < -0.3 is 14.7 Å². The Kier molecular flexibility index (Phi) is 4.66. The second-order valence-electron chi connectivity index (χ2n) is 4.72. The molecule has 0 saturated carbocycles. The molecule has 1 N–H and O–H groups in total. The van der Waals surface area contributed by atoms with Gasteiger partial charge in [-0.1, -0.05) is 11.6 Å². The van der Waals surface area contributed by atoms with Crippen LogP contribution in [-0.4, -0.2) is 30.9 Å². The van der Waals surface area contributed by atoms with E-state index in [1.165, 1.54) is 0 Å². The molecule has 96 valence electrons. The molecule has 0 aromatic heterocycles. The van der Waals surface area contributed by atoms with Crippen molar-refractivity contribution in [3.63, 3.8) is 0 Å². The first-order valence-corrected chi connectivity index (χ1v) is 6.07. The Hall–Kier alpha value is -0.930. The maximum Gasteiger partial charge on any atom is 0.138 e. The standard InChI is InChI=1S/C13H20ClNO2/c1-5-17-12-7-6-10(8-11(12)14)15(4)9-13(2,3)16/h6-8,16H,5,9H2,1-4H3. The highest BCUT2D eigenvalue weighted by molar-refractivity contribution is 6.32. The first kappa shape index (κ1) is 14.1. The topological polar surface area (TPSA) is 32.7 Å². The summed E-state index contributed by atoms with van der Waals surface area (Å²) in [6, 6.07) is 5.63. The van der Waals surface area contributed by atoms with Gasteiger partial charge in [-0.25, -0.2) is 0 Å². The quantitative estimate of drug-likeness (QED) is 0.880. The summed E-state index contributed by atoms with van der Waals surface area (Å²) in [7, 11) is 1.92. The summed E-state index contributed by atoms with van der Waals surface area (Å²) >= 11 is 6.11. The highest BCUT2D eigenvalue weighted by Crippen LogP contribution is 2.29. The number of hydrogen-bond acceptors (Lipinski definition) is 3. The van der Waals surface area contributed by atoms with Crippen LogP contribution < -0.4 is 9.64 Å². The van der Waals surface area contributed by atoms with Crippen LogP contribution in [0.25, 0.3) is 0 Å². The maximum absolute atomic E-state index is 9.76. The molecule has 0 aliphatic carbocycles. The summed E-state index contributed by atoms with van der Waals surface area (Å²) in [5.41, 5.74) is 0.223. The molecular formula is C13H20ClNO2. The van der Waals surface area contributed by atoms with E-state index in [0.29, 0.717) is 23.9 Å². The molecule has 4 heteroatoms. The Balaban J connectivity index is 2.82. The number of likely N-dealkylation sites (N-methyl/N-ethyl adjacent to an activating group) is 1. The van der Waals surface area contributed by atoms with Crippen LogP contribution in [0.1, 0.15) is 20.8 Å². The van der Waals surface area contributed by atoms with Gasteiger partial charge in [0.15, 0.2) is 0 Å². The second kappa shape index (κ2) is 5.61. The Labute approximate surface area is 108 Å². The molecule has 0 aliphatic heterocycles. The van der Waals surface area contributed by atoms with Crippen LogP contribution in [0, 0.1) is 0 Å². The van der Waals surface area contributed by atoms with Crippen molar-refractivity contribution in [2.24, 2.45) is 0 Å². The van der Waals surface area contributed by atoms with E-state index in [2.05, 4.69) is 0 Å². The first-order chi connectivity index (χ1) is 7.83. The highest BCUT2D eigenvalue weighted by atomic mass is 35.5. The molecule has 0 unspecified atom stereocenters. The summed E-state index contributed by atoms with van der Waals surface area (Å²) < 4.78 is 5.37. The molecule has 0 radical (unpaired) electrons. The number of aliphatic hydroxyl groups is 1. The molecule has 0 fully saturated rings. The normalized spacial score (nSPS) is 11.4. The third-order valence-corrected chi connectivity index (χ3v) is 2.58. The molecule has 0 saturated heterocycles. The molecule has 3 nitrogen and oxygen atoms in total. The molecule has 1 rings (SSSR count). The van der Waals surface area contributed by atoms with Crippen LogP contribution in [0.15, 0.2) is 18.2 Å². The third-order valence-electron chi connectivity index (χ3n) is 2.28. The van der Waals surface area contributed by atoms with Crippen molar-refractivity contribution < 1.29 is 9.84 Å². The summed E-state index contributed by atoms with van der Waals surface area (Å²) in [6.45, 7) is 6.61. The fourth-order valence-corrected chi connectivity index (χ4v) is 1.90. The zero-order valence-electron chi connectivity index (χ0n) is 10.8. The fourth-order valence-electron chi connectivity index (χ4n) is 1.67. The third kappa shape index (κ3) is 4.44. The minimum atomic E-state index is -0.736. The summed E-state index contributed by atoms with van der Waals surface area (Å²) in [4.78, 5) is 1.96. The molecule has 0 atom stereocenters. The van der Waals surface area contributed by atoms with Crippen LogP contribution in [0.2, 0.25) is 5.02 Å². The Bertz CT molecular complexity index is 374. The number of halogens is 1. The molecule has 0 spiro atoms. The average molecular weight is 258 g/mol. The number of ether oxygens (including phenoxy) is 1. The van der Waals surface area contributed by atoms with Crippen molar-refractivity contribution in [3.05, 3.63) is 23.2 Å². The molecular weight excluding hydrogens is 238 g/mol. The number of rotatable bonds is 5. The Morgan fingerprint density at radius 3 is 2.53 bits per heavy atom. The lowest BCUT2D eigenvalue weighted by Gasteiger charge is -2.27. The van der Waals surface area contributed by atoms with Gasteiger partial charge in [-0.2, -0.15) is 0 Å². The Morgan fingerprint density at radius 2 is 2.06 bits per heavy atom. The zero-order chi connectivity index (χ0) is 13.1. The molecule has 0 aliphatic rings. The molecule has 1 aromatic carbocycles. The van der Waals surface area contributed by atoms with E-state index in [9.17, 15) is 5.11 Å². The van der Waals surface area contributed by atoms with Crippen LogP contribution in [0.3, 0.4) is 0 Å². The largest absolute Gasteiger partial charge is 0.492 e. The van der Waals surface area contributed by atoms with E-state index < -0.39 is 5.60 Å². The SMILES string of the molecule is CCOc1ccc(N(C)CC(C)(C)O)cc1Cl. The van der Waals surface area contributed by atoms with Crippen LogP contribution in [-0.2, 0) is 0 Å². The average Bonchev–Trinajstić information content (AvgIpc) is 2.18. The minimum absolute atomic E-state index is 0.539. The lowest BCUT2D eigenvalue weighted by Crippen LogP contribution is -2.36. The van der Waals surface area contributed by atoms with E-state index >= 15 is 0 Å². The van der Waals surface area contributed by atoms with E-state index in [1.807, 2.05) is 37.1 Å². The molecule has 0 bridgehead atoms. The maximum atomic E-state index is 9.76. The fraction of sp³-hybridized carbons (Fsp3) is 0.538. The number of anilines is 1. The second-order valence-corrected chi connectivity index (χ2v) is 5.12. The predicted octanol–water partition coefficient (Wildman–Crippen LogP) is 2.95. The van der Waals surface area contributed by atoms with Gasteiger partial charge in [0.2, 0.25) is 0 Å². The van der Waals surface area contributed by atoms with E-state index in [0.717, 1.165) is 5.69 Å². The molecule has 1 aromatic rings. The smallest absolute Gasteiger partial charge is 0.138 e. The van der Waals surface area contributed by atoms with E-state index in [1.54, 1.807) is 13.8 Å². The molecule has 0 amide bonds. The van der Waals surface area contributed by atoms with Crippen LogP contribution in [0.5, 0.6) is 5.75 Å². The van der Waals surface area contributed by atoms with Gasteiger partial charge in [-0.05, 0) is 39.0 Å². The lowest BCUT2D eigenvalue weighted by atomic mass is 10.1. The monoisotopic (exact) mass is 257 g/mol. The Morgan fingerprint density at radius 1 is 1.41 bits per heavy atom. The van der Waals surface area contributed by atoms with Gasteiger partial charge in [0.1, 0.15) is 5.75 Å². The molecule has 0 heterocycles. The van der Waals surface area contributed by atoms with Crippen molar-refractivity contribution in [2.75, 3.05) is 25.1 Å². The summed E-state index contributed by atoms with van der Waals surface area (Å²) in [6.07, 6.45) is 0. The minimum Gasteiger partial charge on any atom is -0.492 e. The number of nitrogens with zero attached hydrogens (tertiary/aromatic N) is 1. The van der Waals surface area contributed by atoms with Crippen molar-refractivity contribution >= 4 is 17.3 Å². The van der Waals surface area contributed by atoms with Crippen molar-refractivity contribution in [2.45, 2.75) is 26.4 Å². The number of benzene rings is 1. The van der Waals surface area contributed by atoms with Gasteiger partial charge in [0, 0.05) is 19.3 Å². The van der Waals surface area contributed by atoms with E-state index in [-0.39, 0.29) is 0 Å². The van der Waals surface area contributed by atoms with E-state index in [4.69, 9.17) is 16.3 Å². The van der Waals surface area contributed by atoms with Crippen LogP contribution >= 0.6 is 11.6 Å². The van der Waals surface area contributed by atoms with Gasteiger partial charge in [0.05, 0.1) is 17.2 Å². The lowest BCUT2D eigenvalue weighted by molar-refractivity contribution is 0.0886. The van der Waals surface area contributed by atoms with Crippen LogP contribution in [0.4, 0.5) is 5.69 Å². The predicted molar refractivity (Wildman–Crippen MR) is 72.2 cm³/mol. The van der Waals surface area contributed by atoms with Gasteiger partial charge in [-0.15, -0.1) is 0 Å². The summed E-state index contributed by atoms with van der Waals surface area (Å²) in [5.74, 6) is 0.689. The van der Waals surface area contributed by atoms with Gasteiger partial charge in [0.25, 0.3) is 0 Å². The van der Waals surface area contributed by atoms with Crippen molar-refractivity contribution in [1.82, 2.24) is 0 Å². The first-order valence-electron chi connectivity index (χ1n) is 5.69. The zero-order valence-corrected chi connectivity index (χ0v) is 11.6. The van der Waals surface area contributed by atoms with Gasteiger partial charge in [-0.3, -0.25) is 0 Å². The van der Waals surface area contributed by atoms with Crippen molar-refractivity contribution in [1.29, 1.82) is 0 Å². The van der Waals surface area contributed by atoms with Gasteiger partial charge >= 0.3 is 0 Å². The number of hydrogen-bond donors (Lipinski definition) is 1.